The van der Waals surface area contributed by atoms with Crippen molar-refractivity contribution in [2.24, 2.45) is 0 Å². The number of methoxy groups -OCH3 is 1. The number of nitrogens with one attached hydrogen (secondary N) is 1. The highest BCUT2D eigenvalue weighted by Crippen LogP contribution is 2.21. The van der Waals surface area contributed by atoms with Crippen LogP contribution in [0.5, 0.6) is 5.75 Å². The Morgan fingerprint density at radius 3 is 2.27 bits per heavy atom. The molecule has 0 atom stereocenters. The summed E-state index contributed by atoms with van der Waals surface area (Å²) in [5, 5.41) is 3.60. The molecule has 0 aromatic heterocycles. The lowest BCUT2D eigenvalue weighted by Gasteiger charge is -2.08. The molecule has 1 amide bonds. The molecule has 2 aromatic rings. The third kappa shape index (κ3) is 4.91. The van der Waals surface area contributed by atoms with Gasteiger partial charge >= 0.3 is 0 Å². The van der Waals surface area contributed by atoms with Crippen LogP contribution in [-0.2, 0) is 4.74 Å². The highest BCUT2D eigenvalue weighted by molar-refractivity contribution is 6.35. The number of carbonyl (C=O) groups excluding carboxylic acids is 1. The maximum Gasteiger partial charge on any atom is 0.255 e. The van der Waals surface area contributed by atoms with E-state index >= 15 is 0 Å². The lowest BCUT2D eigenvalue weighted by molar-refractivity contribution is 0.102. The van der Waals surface area contributed by atoms with Crippen molar-refractivity contribution in [1.82, 2.24) is 0 Å². The molecule has 0 radical (unpaired) electrons. The standard InChI is InChI=1S/C16H15Cl2NO3/c1-21-6-7-22-15-4-2-14(3-5-15)19-16(20)11-8-12(17)10-13(18)9-11/h2-5,8-10H,6-7H2,1H3,(H,19,20). The summed E-state index contributed by atoms with van der Waals surface area (Å²) in [5.41, 5.74) is 1.05. The first-order chi connectivity index (χ1) is 10.6. The normalized spacial score (nSPS) is 10.3. The summed E-state index contributed by atoms with van der Waals surface area (Å²) in [6.45, 7) is 0.997. The van der Waals surface area contributed by atoms with Gasteiger partial charge in [0.05, 0.1) is 6.61 Å². The van der Waals surface area contributed by atoms with E-state index in [2.05, 4.69) is 5.32 Å². The van der Waals surface area contributed by atoms with Crippen LogP contribution in [0, 0.1) is 0 Å². The van der Waals surface area contributed by atoms with Crippen LogP contribution < -0.4 is 10.1 Å². The minimum absolute atomic E-state index is 0.280. The third-order valence-electron chi connectivity index (χ3n) is 2.79. The molecule has 0 aliphatic heterocycles. The predicted octanol–water partition coefficient (Wildman–Crippen LogP) is 4.27. The summed E-state index contributed by atoms with van der Waals surface area (Å²) in [5.74, 6) is 0.429. The quantitative estimate of drug-likeness (QED) is 0.799. The second-order valence-electron chi connectivity index (χ2n) is 4.48. The molecule has 2 aromatic carbocycles. The number of anilines is 1. The van der Waals surface area contributed by atoms with E-state index in [0.717, 1.165) is 0 Å². The zero-order valence-electron chi connectivity index (χ0n) is 11.9. The Morgan fingerprint density at radius 1 is 1.05 bits per heavy atom. The van der Waals surface area contributed by atoms with Gasteiger partial charge in [-0.05, 0) is 42.5 Å². The Kier molecular flexibility index (Phi) is 6.07. The summed E-state index contributed by atoms with van der Waals surface area (Å²) in [6, 6.07) is 11.8. The van der Waals surface area contributed by atoms with Gasteiger partial charge in [0.1, 0.15) is 12.4 Å². The van der Waals surface area contributed by atoms with Crippen LogP contribution in [0.2, 0.25) is 10.0 Å². The predicted molar refractivity (Wildman–Crippen MR) is 88.2 cm³/mol. The molecular formula is C16H15Cl2NO3. The van der Waals surface area contributed by atoms with E-state index in [9.17, 15) is 4.79 Å². The van der Waals surface area contributed by atoms with Crippen LogP contribution >= 0.6 is 23.2 Å². The van der Waals surface area contributed by atoms with Crippen molar-refractivity contribution in [2.75, 3.05) is 25.6 Å². The van der Waals surface area contributed by atoms with Crippen LogP contribution in [0.25, 0.3) is 0 Å². The molecule has 0 bridgehead atoms. The average Bonchev–Trinajstić information content (AvgIpc) is 2.48. The van der Waals surface area contributed by atoms with Gasteiger partial charge in [-0.3, -0.25) is 4.79 Å². The fourth-order valence-electron chi connectivity index (χ4n) is 1.77. The van der Waals surface area contributed by atoms with E-state index < -0.39 is 0 Å². The maximum atomic E-state index is 12.1. The van der Waals surface area contributed by atoms with Gasteiger partial charge in [0.25, 0.3) is 5.91 Å². The Hall–Kier alpha value is -1.75. The lowest BCUT2D eigenvalue weighted by atomic mass is 10.2. The molecule has 0 fully saturated rings. The summed E-state index contributed by atoms with van der Waals surface area (Å²) in [4.78, 5) is 12.1. The number of hydrogen-bond acceptors (Lipinski definition) is 3. The SMILES string of the molecule is COCCOc1ccc(NC(=O)c2cc(Cl)cc(Cl)c2)cc1. The molecule has 0 unspecified atom stereocenters. The number of rotatable bonds is 6. The minimum atomic E-state index is -0.280. The third-order valence-corrected chi connectivity index (χ3v) is 3.23. The molecular weight excluding hydrogens is 325 g/mol. The number of amides is 1. The monoisotopic (exact) mass is 339 g/mol. The van der Waals surface area contributed by atoms with Crippen molar-refractivity contribution >= 4 is 34.8 Å². The molecule has 0 saturated carbocycles. The minimum Gasteiger partial charge on any atom is -0.491 e. The van der Waals surface area contributed by atoms with Crippen LogP contribution in [0.3, 0.4) is 0 Å². The first-order valence-electron chi connectivity index (χ1n) is 6.58. The van der Waals surface area contributed by atoms with Gasteiger partial charge in [-0.2, -0.15) is 0 Å². The van der Waals surface area contributed by atoms with Crippen LogP contribution in [0.1, 0.15) is 10.4 Å². The summed E-state index contributed by atoms with van der Waals surface area (Å²) in [6.07, 6.45) is 0. The number of halogens is 2. The second-order valence-corrected chi connectivity index (χ2v) is 5.35. The summed E-state index contributed by atoms with van der Waals surface area (Å²) < 4.78 is 10.4. The van der Waals surface area contributed by atoms with Gasteiger partial charge in [0.2, 0.25) is 0 Å². The Bertz CT molecular complexity index is 624. The van der Waals surface area contributed by atoms with Gasteiger partial charge in [0.15, 0.2) is 0 Å². The zero-order valence-corrected chi connectivity index (χ0v) is 13.4. The fourth-order valence-corrected chi connectivity index (χ4v) is 2.29. The largest absolute Gasteiger partial charge is 0.491 e. The van der Waals surface area contributed by atoms with Crippen molar-refractivity contribution < 1.29 is 14.3 Å². The molecule has 4 nitrogen and oxygen atoms in total. The number of carbonyl (C=O) groups is 1. The van der Waals surface area contributed by atoms with Crippen molar-refractivity contribution in [3.05, 3.63) is 58.1 Å². The zero-order chi connectivity index (χ0) is 15.9. The summed E-state index contributed by atoms with van der Waals surface area (Å²) >= 11 is 11.8. The molecule has 0 saturated heterocycles. The fraction of sp³-hybridized carbons (Fsp3) is 0.188. The van der Waals surface area contributed by atoms with Gasteiger partial charge in [-0.1, -0.05) is 23.2 Å². The highest BCUT2D eigenvalue weighted by Gasteiger charge is 2.08. The van der Waals surface area contributed by atoms with Crippen LogP contribution in [-0.4, -0.2) is 26.2 Å². The van der Waals surface area contributed by atoms with Crippen molar-refractivity contribution in [2.45, 2.75) is 0 Å². The first-order valence-corrected chi connectivity index (χ1v) is 7.33. The van der Waals surface area contributed by atoms with E-state index in [0.29, 0.717) is 40.3 Å². The Labute approximate surface area is 138 Å². The molecule has 116 valence electrons. The molecule has 2 rings (SSSR count). The van der Waals surface area contributed by atoms with E-state index in [-0.39, 0.29) is 5.91 Å². The average molecular weight is 340 g/mol. The molecule has 1 N–H and O–H groups in total. The molecule has 0 aliphatic rings. The van der Waals surface area contributed by atoms with E-state index in [4.69, 9.17) is 32.7 Å². The second kappa shape index (κ2) is 8.03. The lowest BCUT2D eigenvalue weighted by Crippen LogP contribution is -2.12. The summed E-state index contributed by atoms with van der Waals surface area (Å²) in [7, 11) is 1.62. The molecule has 0 spiro atoms. The van der Waals surface area contributed by atoms with E-state index in [1.54, 1.807) is 49.6 Å². The maximum absolute atomic E-state index is 12.1. The van der Waals surface area contributed by atoms with Crippen LogP contribution in [0.4, 0.5) is 5.69 Å². The van der Waals surface area contributed by atoms with E-state index in [1.807, 2.05) is 0 Å². The van der Waals surface area contributed by atoms with E-state index in [1.165, 1.54) is 0 Å². The number of ether oxygens (including phenoxy) is 2. The van der Waals surface area contributed by atoms with Crippen LogP contribution in [0.15, 0.2) is 42.5 Å². The van der Waals surface area contributed by atoms with Crippen molar-refractivity contribution in [3.63, 3.8) is 0 Å². The Balaban J connectivity index is 1.99. The first kappa shape index (κ1) is 16.6. The molecule has 22 heavy (non-hydrogen) atoms. The van der Waals surface area contributed by atoms with Gasteiger partial charge in [0, 0.05) is 28.4 Å². The smallest absolute Gasteiger partial charge is 0.255 e. The van der Waals surface area contributed by atoms with Gasteiger partial charge in [-0.25, -0.2) is 0 Å². The molecule has 0 aliphatic carbocycles. The molecule has 0 heterocycles. The Morgan fingerprint density at radius 2 is 1.68 bits per heavy atom. The number of benzene rings is 2. The topological polar surface area (TPSA) is 47.6 Å². The van der Waals surface area contributed by atoms with Crippen molar-refractivity contribution in [3.8, 4) is 5.75 Å². The van der Waals surface area contributed by atoms with Gasteiger partial charge < -0.3 is 14.8 Å². The molecule has 6 heteroatoms. The highest BCUT2D eigenvalue weighted by atomic mass is 35.5. The van der Waals surface area contributed by atoms with Crippen molar-refractivity contribution in [1.29, 1.82) is 0 Å². The number of hydrogen-bond donors (Lipinski definition) is 1. The van der Waals surface area contributed by atoms with Gasteiger partial charge in [-0.15, -0.1) is 0 Å².